The van der Waals surface area contributed by atoms with Crippen LogP contribution in [0.3, 0.4) is 0 Å². The van der Waals surface area contributed by atoms with Gasteiger partial charge in [0, 0.05) is 12.1 Å². The van der Waals surface area contributed by atoms with Crippen LogP contribution in [0.5, 0.6) is 0 Å². The van der Waals surface area contributed by atoms with E-state index in [4.69, 9.17) is 0 Å². The summed E-state index contributed by atoms with van der Waals surface area (Å²) in [6, 6.07) is 0.983. The lowest BCUT2D eigenvalue weighted by atomic mass is 10.1. The van der Waals surface area contributed by atoms with Crippen molar-refractivity contribution in [1.29, 1.82) is 0 Å². The molecule has 0 aromatic rings. The molecule has 2 nitrogen and oxygen atoms in total. The van der Waals surface area contributed by atoms with Crippen molar-refractivity contribution in [3.05, 3.63) is 0 Å². The molecule has 0 rings (SSSR count). The molecule has 0 aromatic heterocycles. The Hall–Kier alpha value is -0.0800. The first-order valence-corrected chi connectivity index (χ1v) is 5.07. The zero-order valence-electron chi connectivity index (χ0n) is 9.09. The lowest BCUT2D eigenvalue weighted by Gasteiger charge is -2.20. The fraction of sp³-hybridized carbons (Fsp3) is 1.00. The van der Waals surface area contributed by atoms with Gasteiger partial charge >= 0.3 is 0 Å². The smallest absolute Gasteiger partial charge is 0.0411 e. The van der Waals surface area contributed by atoms with Gasteiger partial charge in [0.1, 0.15) is 0 Å². The fourth-order valence-corrected chi connectivity index (χ4v) is 0.843. The molecule has 0 saturated heterocycles. The van der Waals surface area contributed by atoms with Crippen LogP contribution in [0, 0.1) is 5.92 Å². The van der Waals surface area contributed by atoms with Crippen molar-refractivity contribution in [3.8, 4) is 0 Å². The predicted octanol–water partition coefficient (Wildman–Crippen LogP) is 2.33. The SMILES string of the molecule is CCC(CC)[N]NC(C)C(C)C. The monoisotopic (exact) mass is 171 g/mol. The number of hydrogen-bond acceptors (Lipinski definition) is 1. The van der Waals surface area contributed by atoms with E-state index in [1.165, 1.54) is 0 Å². The molecule has 0 bridgehead atoms. The minimum atomic E-state index is 0.491. The Morgan fingerprint density at radius 1 is 1.08 bits per heavy atom. The second kappa shape index (κ2) is 6.44. The van der Waals surface area contributed by atoms with Crippen molar-refractivity contribution < 1.29 is 0 Å². The summed E-state index contributed by atoms with van der Waals surface area (Å²) in [6.45, 7) is 11.0. The lowest BCUT2D eigenvalue weighted by Crippen LogP contribution is -2.41. The van der Waals surface area contributed by atoms with E-state index in [2.05, 4.69) is 45.5 Å². The molecule has 0 saturated carbocycles. The Morgan fingerprint density at radius 2 is 1.58 bits per heavy atom. The van der Waals surface area contributed by atoms with Crippen molar-refractivity contribution >= 4 is 0 Å². The largest absolute Gasteiger partial charge is 0.237 e. The first kappa shape index (κ1) is 11.9. The van der Waals surface area contributed by atoms with Gasteiger partial charge in [-0.1, -0.05) is 27.7 Å². The van der Waals surface area contributed by atoms with E-state index in [1.54, 1.807) is 0 Å². The average Bonchev–Trinajstić information content (AvgIpc) is 2.05. The zero-order chi connectivity index (χ0) is 9.56. The molecule has 0 aliphatic heterocycles. The maximum Gasteiger partial charge on any atom is 0.0411 e. The Labute approximate surface area is 77.1 Å². The van der Waals surface area contributed by atoms with Gasteiger partial charge in [-0.15, -0.1) is 0 Å². The highest BCUT2D eigenvalue weighted by atomic mass is 15.4. The van der Waals surface area contributed by atoms with Gasteiger partial charge in [0.15, 0.2) is 0 Å². The van der Waals surface area contributed by atoms with Crippen molar-refractivity contribution in [1.82, 2.24) is 10.9 Å². The summed E-state index contributed by atoms with van der Waals surface area (Å²) < 4.78 is 0. The quantitative estimate of drug-likeness (QED) is 0.610. The third-order valence-electron chi connectivity index (χ3n) is 2.40. The van der Waals surface area contributed by atoms with Crippen molar-refractivity contribution in [2.45, 2.75) is 59.5 Å². The molecule has 0 amide bonds. The molecule has 0 heterocycles. The van der Waals surface area contributed by atoms with Crippen molar-refractivity contribution in [2.75, 3.05) is 0 Å². The Kier molecular flexibility index (Phi) is 6.39. The lowest BCUT2D eigenvalue weighted by molar-refractivity contribution is 0.315. The summed E-state index contributed by atoms with van der Waals surface area (Å²) >= 11 is 0. The van der Waals surface area contributed by atoms with Gasteiger partial charge in [0.25, 0.3) is 0 Å². The van der Waals surface area contributed by atoms with Gasteiger partial charge in [-0.05, 0) is 25.7 Å². The highest BCUT2D eigenvalue weighted by Crippen LogP contribution is 2.01. The van der Waals surface area contributed by atoms with E-state index in [0.29, 0.717) is 18.0 Å². The van der Waals surface area contributed by atoms with Crippen LogP contribution in [0.4, 0.5) is 0 Å². The molecule has 1 N–H and O–H groups in total. The van der Waals surface area contributed by atoms with Gasteiger partial charge in [-0.25, -0.2) is 5.43 Å². The van der Waals surface area contributed by atoms with Crippen LogP contribution >= 0.6 is 0 Å². The number of rotatable bonds is 6. The van der Waals surface area contributed by atoms with Crippen LogP contribution in [0.1, 0.15) is 47.5 Å². The minimum absolute atomic E-state index is 0.491. The van der Waals surface area contributed by atoms with Gasteiger partial charge in [0.2, 0.25) is 0 Å². The average molecular weight is 171 g/mol. The van der Waals surface area contributed by atoms with E-state index >= 15 is 0 Å². The molecule has 1 atom stereocenters. The van der Waals surface area contributed by atoms with Gasteiger partial charge in [-0.3, -0.25) is 0 Å². The van der Waals surface area contributed by atoms with Crippen LogP contribution in [0.15, 0.2) is 0 Å². The molecule has 0 spiro atoms. The van der Waals surface area contributed by atoms with Gasteiger partial charge in [0.05, 0.1) is 0 Å². The summed E-state index contributed by atoms with van der Waals surface area (Å²) in [7, 11) is 0. The summed E-state index contributed by atoms with van der Waals surface area (Å²) in [5.41, 5.74) is 7.64. The van der Waals surface area contributed by atoms with Crippen LogP contribution in [-0.4, -0.2) is 12.1 Å². The summed E-state index contributed by atoms with van der Waals surface area (Å²) in [6.07, 6.45) is 2.27. The molecule has 0 aromatic carbocycles. The Morgan fingerprint density at radius 3 is 1.92 bits per heavy atom. The second-order valence-corrected chi connectivity index (χ2v) is 3.76. The maximum atomic E-state index is 4.43. The maximum absolute atomic E-state index is 4.43. The highest BCUT2D eigenvalue weighted by molar-refractivity contribution is 4.64. The fourth-order valence-electron chi connectivity index (χ4n) is 0.843. The predicted molar refractivity (Wildman–Crippen MR) is 53.9 cm³/mol. The number of hydrogen-bond donors (Lipinski definition) is 1. The van der Waals surface area contributed by atoms with E-state index < -0.39 is 0 Å². The van der Waals surface area contributed by atoms with Crippen LogP contribution in [0.25, 0.3) is 0 Å². The molecule has 12 heavy (non-hydrogen) atoms. The number of nitrogens with zero attached hydrogens (tertiary/aromatic N) is 1. The van der Waals surface area contributed by atoms with Crippen LogP contribution in [0.2, 0.25) is 0 Å². The van der Waals surface area contributed by atoms with Crippen molar-refractivity contribution in [2.24, 2.45) is 5.92 Å². The molecular weight excluding hydrogens is 148 g/mol. The second-order valence-electron chi connectivity index (χ2n) is 3.76. The van der Waals surface area contributed by atoms with Crippen LogP contribution < -0.4 is 10.9 Å². The van der Waals surface area contributed by atoms with Gasteiger partial charge in [-0.2, -0.15) is 5.43 Å². The summed E-state index contributed by atoms with van der Waals surface area (Å²) in [5, 5.41) is 0. The summed E-state index contributed by atoms with van der Waals surface area (Å²) in [5.74, 6) is 0.656. The van der Waals surface area contributed by atoms with Crippen LogP contribution in [-0.2, 0) is 0 Å². The van der Waals surface area contributed by atoms with Gasteiger partial charge < -0.3 is 0 Å². The first-order chi connectivity index (χ1) is 5.61. The molecule has 2 heteroatoms. The van der Waals surface area contributed by atoms with Crippen molar-refractivity contribution in [3.63, 3.8) is 0 Å². The molecular formula is C10H23N2. The normalized spacial score (nSPS) is 14.2. The Balaban J connectivity index is 3.51. The molecule has 0 fully saturated rings. The van der Waals surface area contributed by atoms with E-state index in [1.807, 2.05) is 0 Å². The standard InChI is InChI=1S/C10H23N2/c1-6-10(7-2)12-11-9(5)8(3)4/h8-11H,6-7H2,1-5H3. The molecule has 1 unspecified atom stereocenters. The number of nitrogens with one attached hydrogen (secondary N) is 1. The first-order valence-electron chi connectivity index (χ1n) is 5.07. The highest BCUT2D eigenvalue weighted by Gasteiger charge is 2.09. The topological polar surface area (TPSA) is 26.1 Å². The molecule has 1 radical (unpaired) electrons. The third-order valence-corrected chi connectivity index (χ3v) is 2.40. The third kappa shape index (κ3) is 4.73. The minimum Gasteiger partial charge on any atom is -0.237 e. The molecule has 73 valence electrons. The molecule has 0 aliphatic rings. The zero-order valence-corrected chi connectivity index (χ0v) is 9.09. The summed E-state index contributed by atoms with van der Waals surface area (Å²) in [4.78, 5) is 0. The van der Waals surface area contributed by atoms with E-state index in [0.717, 1.165) is 12.8 Å². The Bertz CT molecular complexity index is 96.0. The van der Waals surface area contributed by atoms with E-state index in [-0.39, 0.29) is 0 Å². The molecule has 0 aliphatic carbocycles. The van der Waals surface area contributed by atoms with E-state index in [9.17, 15) is 0 Å².